The van der Waals surface area contributed by atoms with Crippen LogP contribution in [-0.4, -0.2) is 52.0 Å². The van der Waals surface area contributed by atoms with E-state index in [4.69, 9.17) is 4.52 Å². The first kappa shape index (κ1) is 17.4. The third-order valence-corrected chi connectivity index (χ3v) is 6.17. The molecule has 1 fully saturated rings. The van der Waals surface area contributed by atoms with E-state index >= 15 is 0 Å². The van der Waals surface area contributed by atoms with Crippen LogP contribution in [0.5, 0.6) is 0 Å². The molecular formula is C18H20N4O2S2. The molecule has 4 heterocycles. The Hall–Kier alpha value is -2.03. The Balaban J connectivity index is 1.23. The molecule has 0 radical (unpaired) electrons. The Labute approximate surface area is 160 Å². The zero-order chi connectivity index (χ0) is 17.8. The summed E-state index contributed by atoms with van der Waals surface area (Å²) in [5.41, 5.74) is 0. The third-order valence-electron chi connectivity index (χ3n) is 4.45. The molecule has 1 aliphatic heterocycles. The summed E-state index contributed by atoms with van der Waals surface area (Å²) in [7, 11) is 0. The summed E-state index contributed by atoms with van der Waals surface area (Å²) in [6, 6.07) is 8.16. The molecule has 0 aliphatic carbocycles. The highest BCUT2D eigenvalue weighted by Crippen LogP contribution is 2.21. The minimum atomic E-state index is 0.164. The molecule has 6 nitrogen and oxygen atoms in total. The SMILES string of the molecule is O=C(CCc1nc(-c2cccs2)no1)N1CCN(Cc2cccs2)CC1. The number of aryl methyl sites for hydroxylation is 1. The molecule has 8 heteroatoms. The van der Waals surface area contributed by atoms with Crippen molar-refractivity contribution in [3.8, 4) is 10.7 Å². The van der Waals surface area contributed by atoms with Gasteiger partial charge in [0, 0.05) is 50.4 Å². The summed E-state index contributed by atoms with van der Waals surface area (Å²) in [6.07, 6.45) is 0.906. The predicted molar refractivity (Wildman–Crippen MR) is 102 cm³/mol. The van der Waals surface area contributed by atoms with Crippen molar-refractivity contribution in [2.75, 3.05) is 26.2 Å². The number of carbonyl (C=O) groups excluding carboxylic acids is 1. The van der Waals surface area contributed by atoms with E-state index in [2.05, 4.69) is 32.6 Å². The van der Waals surface area contributed by atoms with Crippen LogP contribution in [0.4, 0.5) is 0 Å². The number of hydrogen-bond acceptors (Lipinski definition) is 7. The van der Waals surface area contributed by atoms with E-state index in [0.29, 0.717) is 24.6 Å². The molecule has 0 saturated carbocycles. The number of nitrogens with zero attached hydrogens (tertiary/aromatic N) is 4. The molecule has 136 valence electrons. The lowest BCUT2D eigenvalue weighted by Gasteiger charge is -2.34. The lowest BCUT2D eigenvalue weighted by atomic mass is 10.2. The van der Waals surface area contributed by atoms with Gasteiger partial charge in [-0.05, 0) is 22.9 Å². The molecular weight excluding hydrogens is 368 g/mol. The quantitative estimate of drug-likeness (QED) is 0.649. The number of piperazine rings is 1. The second kappa shape index (κ2) is 8.11. The summed E-state index contributed by atoms with van der Waals surface area (Å²) in [5.74, 6) is 1.29. The predicted octanol–water partition coefficient (Wildman–Crippen LogP) is 3.14. The lowest BCUT2D eigenvalue weighted by molar-refractivity contribution is -0.133. The van der Waals surface area contributed by atoms with E-state index in [1.165, 1.54) is 4.88 Å². The zero-order valence-corrected chi connectivity index (χ0v) is 16.0. The Morgan fingerprint density at radius 1 is 1.12 bits per heavy atom. The molecule has 0 unspecified atom stereocenters. The van der Waals surface area contributed by atoms with Crippen molar-refractivity contribution in [1.82, 2.24) is 19.9 Å². The molecule has 0 atom stereocenters. The Bertz CT molecular complexity index is 821. The molecule has 1 amide bonds. The van der Waals surface area contributed by atoms with Gasteiger partial charge in [-0.1, -0.05) is 17.3 Å². The van der Waals surface area contributed by atoms with Gasteiger partial charge in [0.1, 0.15) is 0 Å². The van der Waals surface area contributed by atoms with E-state index in [1.807, 2.05) is 22.4 Å². The summed E-state index contributed by atoms with van der Waals surface area (Å²) in [5, 5.41) is 8.07. The number of thiophene rings is 2. The average molecular weight is 389 g/mol. The van der Waals surface area contributed by atoms with Gasteiger partial charge in [0.2, 0.25) is 17.6 Å². The molecule has 3 aromatic rings. The normalized spacial score (nSPS) is 15.5. The van der Waals surface area contributed by atoms with Crippen LogP contribution >= 0.6 is 22.7 Å². The smallest absolute Gasteiger partial charge is 0.227 e. The van der Waals surface area contributed by atoms with Crippen LogP contribution < -0.4 is 0 Å². The molecule has 0 spiro atoms. The molecule has 26 heavy (non-hydrogen) atoms. The summed E-state index contributed by atoms with van der Waals surface area (Å²) < 4.78 is 5.27. The fourth-order valence-electron chi connectivity index (χ4n) is 3.01. The average Bonchev–Trinajstić information content (AvgIpc) is 3.41. The van der Waals surface area contributed by atoms with Crippen LogP contribution in [-0.2, 0) is 17.8 Å². The summed E-state index contributed by atoms with van der Waals surface area (Å²) in [6.45, 7) is 4.40. The van der Waals surface area contributed by atoms with Crippen LogP contribution in [0.2, 0.25) is 0 Å². The van der Waals surface area contributed by atoms with Crippen LogP contribution in [0.3, 0.4) is 0 Å². The Kier molecular flexibility index (Phi) is 5.42. The maximum Gasteiger partial charge on any atom is 0.227 e. The maximum atomic E-state index is 12.5. The van der Waals surface area contributed by atoms with Crippen LogP contribution in [0.1, 0.15) is 17.2 Å². The number of aromatic nitrogens is 2. The number of carbonyl (C=O) groups is 1. The van der Waals surface area contributed by atoms with Gasteiger partial charge in [-0.25, -0.2) is 0 Å². The van der Waals surface area contributed by atoms with Gasteiger partial charge < -0.3 is 9.42 Å². The second-order valence-electron chi connectivity index (χ2n) is 6.23. The molecule has 1 aliphatic rings. The molecule has 3 aromatic heterocycles. The summed E-state index contributed by atoms with van der Waals surface area (Å²) in [4.78, 5) is 23.5. The van der Waals surface area contributed by atoms with Crippen molar-refractivity contribution in [2.24, 2.45) is 0 Å². The van der Waals surface area contributed by atoms with Crippen LogP contribution in [0.25, 0.3) is 10.7 Å². The second-order valence-corrected chi connectivity index (χ2v) is 8.21. The minimum Gasteiger partial charge on any atom is -0.340 e. The number of rotatable bonds is 6. The fraction of sp³-hybridized carbons (Fsp3) is 0.389. The topological polar surface area (TPSA) is 62.5 Å². The van der Waals surface area contributed by atoms with Gasteiger partial charge in [0.15, 0.2) is 0 Å². The van der Waals surface area contributed by atoms with Crippen molar-refractivity contribution in [3.63, 3.8) is 0 Å². The van der Waals surface area contributed by atoms with E-state index < -0.39 is 0 Å². The minimum absolute atomic E-state index is 0.164. The third kappa shape index (κ3) is 4.20. The van der Waals surface area contributed by atoms with E-state index in [0.717, 1.165) is 37.6 Å². The van der Waals surface area contributed by atoms with Gasteiger partial charge >= 0.3 is 0 Å². The summed E-state index contributed by atoms with van der Waals surface area (Å²) >= 11 is 3.36. The number of amides is 1. The van der Waals surface area contributed by atoms with E-state index in [9.17, 15) is 4.79 Å². The molecule has 0 aromatic carbocycles. The molecule has 1 saturated heterocycles. The van der Waals surface area contributed by atoms with Gasteiger partial charge in [-0.2, -0.15) is 4.98 Å². The fourth-order valence-corrected chi connectivity index (χ4v) is 4.41. The van der Waals surface area contributed by atoms with E-state index in [1.54, 1.807) is 22.7 Å². The Morgan fingerprint density at radius 2 is 1.92 bits per heavy atom. The largest absolute Gasteiger partial charge is 0.340 e. The first-order chi connectivity index (χ1) is 12.8. The first-order valence-electron chi connectivity index (χ1n) is 8.67. The van der Waals surface area contributed by atoms with Crippen molar-refractivity contribution >= 4 is 28.6 Å². The maximum absolute atomic E-state index is 12.5. The highest BCUT2D eigenvalue weighted by Gasteiger charge is 2.22. The van der Waals surface area contributed by atoms with Crippen LogP contribution in [0, 0.1) is 0 Å². The Morgan fingerprint density at radius 3 is 2.65 bits per heavy atom. The molecule has 0 N–H and O–H groups in total. The highest BCUT2D eigenvalue weighted by atomic mass is 32.1. The standard InChI is InChI=1S/C18H20N4O2S2/c23-17(6-5-16-19-18(20-24-16)15-4-2-12-26-15)22-9-7-21(8-10-22)13-14-3-1-11-25-14/h1-4,11-12H,5-10,13H2. The molecule has 0 bridgehead atoms. The lowest BCUT2D eigenvalue weighted by Crippen LogP contribution is -2.48. The van der Waals surface area contributed by atoms with Crippen molar-refractivity contribution < 1.29 is 9.32 Å². The monoisotopic (exact) mass is 388 g/mol. The van der Waals surface area contributed by atoms with Gasteiger partial charge in [-0.3, -0.25) is 9.69 Å². The molecule has 4 rings (SSSR count). The van der Waals surface area contributed by atoms with Gasteiger partial charge in [0.05, 0.1) is 4.88 Å². The van der Waals surface area contributed by atoms with Gasteiger partial charge in [0.25, 0.3) is 0 Å². The zero-order valence-electron chi connectivity index (χ0n) is 14.3. The van der Waals surface area contributed by atoms with Crippen LogP contribution in [0.15, 0.2) is 39.5 Å². The van der Waals surface area contributed by atoms with Crippen molar-refractivity contribution in [2.45, 2.75) is 19.4 Å². The highest BCUT2D eigenvalue weighted by molar-refractivity contribution is 7.13. The number of hydrogen-bond donors (Lipinski definition) is 0. The first-order valence-corrected chi connectivity index (χ1v) is 10.4. The van der Waals surface area contributed by atoms with Crippen molar-refractivity contribution in [1.29, 1.82) is 0 Å². The van der Waals surface area contributed by atoms with Gasteiger partial charge in [-0.15, -0.1) is 22.7 Å². The van der Waals surface area contributed by atoms with Crippen molar-refractivity contribution in [3.05, 3.63) is 45.8 Å². The van der Waals surface area contributed by atoms with E-state index in [-0.39, 0.29) is 5.91 Å².